The number of nitrogens with one attached hydrogen (secondary N) is 1. The fourth-order valence-corrected chi connectivity index (χ4v) is 3.06. The highest BCUT2D eigenvalue weighted by Gasteiger charge is 2.10. The molecule has 0 bridgehead atoms. The molecule has 0 radical (unpaired) electrons. The lowest BCUT2D eigenvalue weighted by molar-refractivity contribution is 0.602. The lowest BCUT2D eigenvalue weighted by Gasteiger charge is -1.99. The number of benzene rings is 1. The van der Waals surface area contributed by atoms with Crippen LogP contribution in [0.1, 0.15) is 0 Å². The van der Waals surface area contributed by atoms with Crippen LogP contribution in [0.3, 0.4) is 0 Å². The van der Waals surface area contributed by atoms with E-state index in [9.17, 15) is 8.42 Å². The third-order valence-electron chi connectivity index (χ3n) is 2.78. The monoisotopic (exact) mass is 305 g/mol. The maximum Gasteiger partial charge on any atom is 0.181 e. The summed E-state index contributed by atoms with van der Waals surface area (Å²) >= 11 is 1.58. The number of nitrogens with zero attached hydrogens (tertiary/aromatic N) is 2. The number of hydrogen-bond donors (Lipinski definition) is 1. The molecule has 7 heteroatoms. The van der Waals surface area contributed by atoms with Crippen molar-refractivity contribution in [1.29, 1.82) is 0 Å². The molecule has 0 atom stereocenters. The number of thiophene rings is 1. The fourth-order valence-electron chi connectivity index (χ4n) is 1.77. The molecule has 5 nitrogen and oxygen atoms in total. The Morgan fingerprint density at radius 2 is 1.90 bits per heavy atom. The van der Waals surface area contributed by atoms with Gasteiger partial charge in [0, 0.05) is 11.8 Å². The second-order valence-corrected chi connectivity index (χ2v) is 7.24. The van der Waals surface area contributed by atoms with Gasteiger partial charge in [0.1, 0.15) is 0 Å². The maximum absolute atomic E-state index is 11.4. The Hall–Kier alpha value is -1.99. The number of rotatable bonds is 3. The largest absolute Gasteiger partial charge is 0.258 e. The van der Waals surface area contributed by atoms with Crippen LogP contribution >= 0.6 is 11.3 Å². The Morgan fingerprint density at radius 3 is 2.50 bits per heavy atom. The minimum atomic E-state index is -3.18. The summed E-state index contributed by atoms with van der Waals surface area (Å²) in [6.45, 7) is 0. The van der Waals surface area contributed by atoms with Crippen LogP contribution in [0.15, 0.2) is 46.7 Å². The van der Waals surface area contributed by atoms with Crippen LogP contribution in [0, 0.1) is 0 Å². The van der Waals surface area contributed by atoms with Crippen LogP contribution in [0.2, 0.25) is 0 Å². The van der Waals surface area contributed by atoms with Gasteiger partial charge in [0.05, 0.1) is 9.77 Å². The summed E-state index contributed by atoms with van der Waals surface area (Å²) in [5.41, 5.74) is 0.774. The number of aromatic nitrogens is 3. The van der Waals surface area contributed by atoms with Crippen molar-refractivity contribution >= 4 is 21.2 Å². The van der Waals surface area contributed by atoms with Gasteiger partial charge in [-0.3, -0.25) is 5.10 Å². The Kier molecular flexibility index (Phi) is 3.15. The first kappa shape index (κ1) is 13.0. The molecule has 0 unspecified atom stereocenters. The van der Waals surface area contributed by atoms with Gasteiger partial charge in [-0.2, -0.15) is 5.10 Å². The van der Waals surface area contributed by atoms with Crippen LogP contribution in [-0.4, -0.2) is 29.9 Å². The van der Waals surface area contributed by atoms with Crippen LogP contribution in [-0.2, 0) is 9.84 Å². The standard InChI is InChI=1S/C13H11N3O2S2/c1-20(17,18)10-6-4-9(5-7-10)12-14-13(16-15-12)11-3-2-8-19-11/h2-8H,1H3,(H,14,15,16). The van der Waals surface area contributed by atoms with Gasteiger partial charge in [0.15, 0.2) is 21.5 Å². The average molecular weight is 305 g/mol. The summed E-state index contributed by atoms with van der Waals surface area (Å²) in [5.74, 6) is 1.26. The van der Waals surface area contributed by atoms with Gasteiger partial charge in [-0.15, -0.1) is 11.3 Å². The van der Waals surface area contributed by atoms with E-state index in [2.05, 4.69) is 15.2 Å². The molecule has 0 aliphatic heterocycles. The van der Waals surface area contributed by atoms with Crippen molar-refractivity contribution in [3.05, 3.63) is 41.8 Å². The Morgan fingerprint density at radius 1 is 1.15 bits per heavy atom. The van der Waals surface area contributed by atoms with E-state index in [0.717, 1.165) is 10.4 Å². The topological polar surface area (TPSA) is 75.7 Å². The van der Waals surface area contributed by atoms with E-state index in [1.54, 1.807) is 35.6 Å². The van der Waals surface area contributed by atoms with Gasteiger partial charge in [-0.25, -0.2) is 13.4 Å². The zero-order valence-corrected chi connectivity index (χ0v) is 12.2. The molecule has 102 valence electrons. The summed E-state index contributed by atoms with van der Waals surface area (Å²) in [6.07, 6.45) is 1.18. The molecule has 2 heterocycles. The molecule has 0 amide bonds. The SMILES string of the molecule is CS(=O)(=O)c1ccc(-c2n[nH]c(-c3cccs3)n2)cc1. The Bertz CT molecular complexity index is 819. The molecular formula is C13H11N3O2S2. The molecule has 3 rings (SSSR count). The molecule has 1 aromatic carbocycles. The van der Waals surface area contributed by atoms with Crippen molar-refractivity contribution in [2.75, 3.05) is 6.26 Å². The molecule has 3 aromatic rings. The molecule has 0 aliphatic carbocycles. The first-order valence-electron chi connectivity index (χ1n) is 5.81. The highest BCUT2D eigenvalue weighted by Crippen LogP contribution is 2.24. The van der Waals surface area contributed by atoms with Crippen molar-refractivity contribution in [1.82, 2.24) is 15.2 Å². The van der Waals surface area contributed by atoms with Crippen LogP contribution in [0.4, 0.5) is 0 Å². The molecule has 1 N–H and O–H groups in total. The molecule has 0 fully saturated rings. The summed E-state index contributed by atoms with van der Waals surface area (Å²) in [5, 5.41) is 9.01. The number of sulfone groups is 1. The summed E-state index contributed by atoms with van der Waals surface area (Å²) < 4.78 is 22.8. The highest BCUT2D eigenvalue weighted by atomic mass is 32.2. The highest BCUT2D eigenvalue weighted by molar-refractivity contribution is 7.90. The average Bonchev–Trinajstić information content (AvgIpc) is 3.09. The van der Waals surface area contributed by atoms with E-state index >= 15 is 0 Å². The van der Waals surface area contributed by atoms with E-state index in [-0.39, 0.29) is 4.90 Å². The smallest absolute Gasteiger partial charge is 0.181 e. The van der Waals surface area contributed by atoms with Gasteiger partial charge in [-0.1, -0.05) is 6.07 Å². The molecule has 20 heavy (non-hydrogen) atoms. The van der Waals surface area contributed by atoms with Crippen LogP contribution in [0.5, 0.6) is 0 Å². The minimum Gasteiger partial charge on any atom is -0.258 e. The lowest BCUT2D eigenvalue weighted by Crippen LogP contribution is -1.96. The van der Waals surface area contributed by atoms with E-state index < -0.39 is 9.84 Å². The summed E-state index contributed by atoms with van der Waals surface area (Å²) in [6, 6.07) is 10.4. The molecule has 0 saturated carbocycles. The van der Waals surface area contributed by atoms with Crippen molar-refractivity contribution < 1.29 is 8.42 Å². The van der Waals surface area contributed by atoms with E-state index in [4.69, 9.17) is 0 Å². The van der Waals surface area contributed by atoms with Crippen molar-refractivity contribution in [3.63, 3.8) is 0 Å². The third kappa shape index (κ3) is 2.50. The Balaban J connectivity index is 1.94. The third-order valence-corrected chi connectivity index (χ3v) is 4.79. The van der Waals surface area contributed by atoms with Gasteiger partial charge in [0.25, 0.3) is 0 Å². The first-order valence-corrected chi connectivity index (χ1v) is 8.58. The zero-order valence-electron chi connectivity index (χ0n) is 10.6. The zero-order chi connectivity index (χ0) is 14.2. The molecule has 0 aliphatic rings. The van der Waals surface area contributed by atoms with Crippen LogP contribution in [0.25, 0.3) is 22.1 Å². The normalized spacial score (nSPS) is 11.7. The first-order chi connectivity index (χ1) is 9.54. The van der Waals surface area contributed by atoms with Gasteiger partial charge in [0.2, 0.25) is 0 Å². The second-order valence-electron chi connectivity index (χ2n) is 4.28. The van der Waals surface area contributed by atoms with Gasteiger partial charge in [-0.05, 0) is 35.7 Å². The lowest BCUT2D eigenvalue weighted by atomic mass is 10.2. The molecule has 2 aromatic heterocycles. The van der Waals surface area contributed by atoms with E-state index in [1.165, 1.54) is 6.26 Å². The van der Waals surface area contributed by atoms with Gasteiger partial charge < -0.3 is 0 Å². The predicted octanol–water partition coefficient (Wildman–Crippen LogP) is 2.60. The summed E-state index contributed by atoms with van der Waals surface area (Å²) in [7, 11) is -3.18. The number of hydrogen-bond acceptors (Lipinski definition) is 5. The summed E-state index contributed by atoms with van der Waals surface area (Å²) in [4.78, 5) is 5.71. The van der Waals surface area contributed by atoms with Gasteiger partial charge >= 0.3 is 0 Å². The van der Waals surface area contributed by atoms with Crippen LogP contribution < -0.4 is 0 Å². The Labute approximate surface area is 120 Å². The number of aromatic amines is 1. The predicted molar refractivity (Wildman–Crippen MR) is 78.2 cm³/mol. The van der Waals surface area contributed by atoms with Crippen molar-refractivity contribution in [2.45, 2.75) is 4.90 Å². The van der Waals surface area contributed by atoms with Crippen molar-refractivity contribution in [2.24, 2.45) is 0 Å². The molecule has 0 saturated heterocycles. The van der Waals surface area contributed by atoms with E-state index in [0.29, 0.717) is 11.6 Å². The fraction of sp³-hybridized carbons (Fsp3) is 0.0769. The molecule has 0 spiro atoms. The van der Waals surface area contributed by atoms with Crippen molar-refractivity contribution in [3.8, 4) is 22.1 Å². The van der Waals surface area contributed by atoms with E-state index in [1.807, 2.05) is 17.5 Å². The minimum absolute atomic E-state index is 0.287. The second kappa shape index (κ2) is 4.84. The quantitative estimate of drug-likeness (QED) is 0.807. The number of H-pyrrole nitrogens is 1. The molecular weight excluding hydrogens is 294 g/mol. The maximum atomic E-state index is 11.4.